The van der Waals surface area contributed by atoms with Crippen molar-refractivity contribution in [3.8, 4) is 0 Å². The Balaban J connectivity index is 1.54. The van der Waals surface area contributed by atoms with Crippen LogP contribution in [0.1, 0.15) is 11.8 Å². The molecule has 3 rings (SSSR count). The second-order valence-corrected chi connectivity index (χ2v) is 7.45. The summed E-state index contributed by atoms with van der Waals surface area (Å²) in [5.74, 6) is 1.06. The minimum Gasteiger partial charge on any atom is -0.360 e. The second-order valence-electron chi connectivity index (χ2n) is 5.49. The van der Waals surface area contributed by atoms with Gasteiger partial charge in [-0.1, -0.05) is 6.07 Å². The van der Waals surface area contributed by atoms with Crippen LogP contribution in [0.4, 0.5) is 5.00 Å². The van der Waals surface area contributed by atoms with Gasteiger partial charge < -0.3 is 15.1 Å². The van der Waals surface area contributed by atoms with E-state index in [-0.39, 0.29) is 0 Å². The number of hydrogen-bond acceptors (Lipinski definition) is 4. The second kappa shape index (κ2) is 8.36. The summed E-state index contributed by atoms with van der Waals surface area (Å²) in [6.45, 7) is 8.10. The van der Waals surface area contributed by atoms with Crippen LogP contribution in [-0.2, 0) is 6.42 Å². The van der Waals surface area contributed by atoms with Gasteiger partial charge in [0.1, 0.15) is 0 Å². The van der Waals surface area contributed by atoms with Gasteiger partial charge in [0, 0.05) is 50.6 Å². The molecule has 0 amide bonds. The molecular weight excluding hydrogens is 324 g/mol. The fourth-order valence-corrected chi connectivity index (χ4v) is 4.22. The summed E-state index contributed by atoms with van der Waals surface area (Å²) in [5, 5.41) is 9.11. The lowest BCUT2D eigenvalue weighted by atomic mass is 10.3. The molecule has 0 aliphatic carbocycles. The number of thiophene rings is 2. The third kappa shape index (κ3) is 4.48. The molecule has 1 aliphatic rings. The molecule has 1 saturated heterocycles. The average molecular weight is 349 g/mol. The zero-order chi connectivity index (χ0) is 15.9. The number of hydrogen-bond donors (Lipinski definition) is 1. The smallest absolute Gasteiger partial charge is 0.194 e. The molecule has 2 aromatic rings. The van der Waals surface area contributed by atoms with Crippen LogP contribution in [0, 0.1) is 0 Å². The van der Waals surface area contributed by atoms with Crippen molar-refractivity contribution in [2.45, 2.75) is 13.3 Å². The standard InChI is InChI=1S/C17H24N4S2/c1-2-18-17(19-8-7-15-5-3-13-22-15)21-11-9-20(10-12-21)16-6-4-14-23-16/h3-6,13-14H,2,7-12H2,1H3,(H,18,19). The fraction of sp³-hybridized carbons (Fsp3) is 0.471. The predicted octanol–water partition coefficient (Wildman–Crippen LogP) is 3.14. The van der Waals surface area contributed by atoms with Gasteiger partial charge in [0.2, 0.25) is 0 Å². The molecule has 0 saturated carbocycles. The molecule has 2 aromatic heterocycles. The molecule has 0 spiro atoms. The van der Waals surface area contributed by atoms with E-state index >= 15 is 0 Å². The Labute approximate surface area is 146 Å². The molecule has 0 atom stereocenters. The van der Waals surface area contributed by atoms with Gasteiger partial charge in [-0.05, 0) is 35.9 Å². The molecule has 0 bridgehead atoms. The minimum atomic E-state index is 0.855. The van der Waals surface area contributed by atoms with Crippen LogP contribution in [0.15, 0.2) is 40.0 Å². The van der Waals surface area contributed by atoms with Crippen LogP contribution < -0.4 is 10.2 Å². The first-order valence-electron chi connectivity index (χ1n) is 8.21. The largest absolute Gasteiger partial charge is 0.360 e. The van der Waals surface area contributed by atoms with Gasteiger partial charge in [-0.25, -0.2) is 0 Å². The molecule has 4 nitrogen and oxygen atoms in total. The first kappa shape index (κ1) is 16.3. The van der Waals surface area contributed by atoms with E-state index < -0.39 is 0 Å². The van der Waals surface area contributed by atoms with E-state index in [0.29, 0.717) is 0 Å². The Hall–Kier alpha value is -1.53. The van der Waals surface area contributed by atoms with E-state index in [0.717, 1.165) is 51.6 Å². The van der Waals surface area contributed by atoms with Crippen LogP contribution in [0.3, 0.4) is 0 Å². The molecule has 1 aliphatic heterocycles. The number of anilines is 1. The number of rotatable bonds is 5. The van der Waals surface area contributed by atoms with Crippen molar-refractivity contribution < 1.29 is 0 Å². The first-order valence-corrected chi connectivity index (χ1v) is 9.97. The highest BCUT2D eigenvalue weighted by molar-refractivity contribution is 7.14. The van der Waals surface area contributed by atoms with Crippen molar-refractivity contribution in [3.63, 3.8) is 0 Å². The summed E-state index contributed by atoms with van der Waals surface area (Å²) in [4.78, 5) is 11.1. The molecule has 23 heavy (non-hydrogen) atoms. The average Bonchev–Trinajstić information content (AvgIpc) is 3.28. The number of piperazine rings is 1. The normalized spacial score (nSPS) is 16.0. The quantitative estimate of drug-likeness (QED) is 0.665. The minimum absolute atomic E-state index is 0.855. The van der Waals surface area contributed by atoms with Gasteiger partial charge in [0.05, 0.1) is 5.00 Å². The van der Waals surface area contributed by atoms with Crippen molar-refractivity contribution in [1.82, 2.24) is 10.2 Å². The van der Waals surface area contributed by atoms with E-state index in [1.165, 1.54) is 9.88 Å². The van der Waals surface area contributed by atoms with Crippen molar-refractivity contribution in [3.05, 3.63) is 39.9 Å². The van der Waals surface area contributed by atoms with Crippen molar-refractivity contribution in [1.29, 1.82) is 0 Å². The Bertz CT molecular complexity index is 584. The van der Waals surface area contributed by atoms with E-state index in [1.807, 2.05) is 22.7 Å². The monoisotopic (exact) mass is 348 g/mol. The Morgan fingerprint density at radius 3 is 2.57 bits per heavy atom. The highest BCUT2D eigenvalue weighted by atomic mass is 32.1. The third-order valence-corrected chi connectivity index (χ3v) is 5.80. The first-order chi connectivity index (χ1) is 11.4. The van der Waals surface area contributed by atoms with Crippen molar-refractivity contribution >= 4 is 33.6 Å². The summed E-state index contributed by atoms with van der Waals surface area (Å²) in [6.07, 6.45) is 1.03. The summed E-state index contributed by atoms with van der Waals surface area (Å²) >= 11 is 3.64. The summed E-state index contributed by atoms with van der Waals surface area (Å²) in [7, 11) is 0. The Morgan fingerprint density at radius 1 is 1.13 bits per heavy atom. The maximum Gasteiger partial charge on any atom is 0.194 e. The van der Waals surface area contributed by atoms with Gasteiger partial charge in [-0.2, -0.15) is 0 Å². The number of nitrogens with zero attached hydrogens (tertiary/aromatic N) is 3. The molecule has 0 aromatic carbocycles. The lowest BCUT2D eigenvalue weighted by Gasteiger charge is -2.37. The molecule has 3 heterocycles. The molecule has 1 fully saturated rings. The maximum absolute atomic E-state index is 4.82. The van der Waals surface area contributed by atoms with E-state index in [2.05, 4.69) is 57.1 Å². The van der Waals surface area contributed by atoms with E-state index in [1.54, 1.807) is 0 Å². The summed E-state index contributed by atoms with van der Waals surface area (Å²) in [5.41, 5.74) is 0. The Kier molecular flexibility index (Phi) is 5.93. The molecule has 124 valence electrons. The van der Waals surface area contributed by atoms with Crippen LogP contribution in [0.25, 0.3) is 0 Å². The molecule has 6 heteroatoms. The Morgan fingerprint density at radius 2 is 1.91 bits per heavy atom. The highest BCUT2D eigenvalue weighted by Gasteiger charge is 2.20. The topological polar surface area (TPSA) is 30.9 Å². The summed E-state index contributed by atoms with van der Waals surface area (Å²) < 4.78 is 0. The number of nitrogens with one attached hydrogen (secondary N) is 1. The van der Waals surface area contributed by atoms with Gasteiger partial charge in [0.15, 0.2) is 5.96 Å². The zero-order valence-electron chi connectivity index (χ0n) is 13.6. The van der Waals surface area contributed by atoms with Gasteiger partial charge in [-0.3, -0.25) is 4.99 Å². The van der Waals surface area contributed by atoms with Crippen molar-refractivity contribution in [2.24, 2.45) is 4.99 Å². The lowest BCUT2D eigenvalue weighted by Crippen LogP contribution is -2.52. The van der Waals surface area contributed by atoms with Gasteiger partial charge in [0.25, 0.3) is 0 Å². The van der Waals surface area contributed by atoms with Crippen LogP contribution in [-0.4, -0.2) is 50.1 Å². The van der Waals surface area contributed by atoms with E-state index in [9.17, 15) is 0 Å². The van der Waals surface area contributed by atoms with Gasteiger partial charge >= 0.3 is 0 Å². The highest BCUT2D eigenvalue weighted by Crippen LogP contribution is 2.22. The maximum atomic E-state index is 4.82. The SMILES string of the molecule is CCNC(=NCCc1cccs1)N1CCN(c2cccs2)CC1. The summed E-state index contributed by atoms with van der Waals surface area (Å²) in [6, 6.07) is 8.63. The lowest BCUT2D eigenvalue weighted by molar-refractivity contribution is 0.373. The zero-order valence-corrected chi connectivity index (χ0v) is 15.2. The van der Waals surface area contributed by atoms with E-state index in [4.69, 9.17) is 4.99 Å². The van der Waals surface area contributed by atoms with Crippen LogP contribution in [0.5, 0.6) is 0 Å². The molecule has 0 radical (unpaired) electrons. The predicted molar refractivity (Wildman–Crippen MR) is 102 cm³/mol. The molecule has 1 N–H and O–H groups in total. The number of guanidine groups is 1. The molecular formula is C17H24N4S2. The van der Waals surface area contributed by atoms with Crippen LogP contribution in [0.2, 0.25) is 0 Å². The fourth-order valence-electron chi connectivity index (χ4n) is 2.74. The van der Waals surface area contributed by atoms with Gasteiger partial charge in [-0.15, -0.1) is 22.7 Å². The number of aliphatic imine (C=N–C) groups is 1. The van der Waals surface area contributed by atoms with Crippen LogP contribution >= 0.6 is 22.7 Å². The van der Waals surface area contributed by atoms with Crippen molar-refractivity contribution in [2.75, 3.05) is 44.2 Å². The third-order valence-electron chi connectivity index (χ3n) is 3.93. The molecule has 0 unspecified atom stereocenters.